The van der Waals surface area contributed by atoms with Crippen LogP contribution < -0.4 is 5.56 Å². The Bertz CT molecular complexity index is 1750. The average molecular weight is 472 g/mol. The zero-order chi connectivity index (χ0) is 25.4. The molecule has 0 saturated heterocycles. The van der Waals surface area contributed by atoms with Crippen molar-refractivity contribution in [1.82, 2.24) is 9.55 Å². The van der Waals surface area contributed by atoms with E-state index in [1.165, 1.54) is 0 Å². The molecule has 0 fully saturated rings. The summed E-state index contributed by atoms with van der Waals surface area (Å²) in [6, 6.07) is 26.1. The van der Waals surface area contributed by atoms with Gasteiger partial charge in [0.15, 0.2) is 6.29 Å². The van der Waals surface area contributed by atoms with Gasteiger partial charge in [0, 0.05) is 10.9 Å². The van der Waals surface area contributed by atoms with E-state index in [9.17, 15) is 14.9 Å². The monoisotopic (exact) mass is 471 g/mol. The molecular weight excluding hydrogens is 446 g/mol. The Labute approximate surface area is 209 Å². The average Bonchev–Trinajstić information content (AvgIpc) is 3.30. The lowest BCUT2D eigenvalue weighted by Crippen LogP contribution is -2.26. The van der Waals surface area contributed by atoms with Crippen molar-refractivity contribution in [2.45, 2.75) is 27.3 Å². The fourth-order valence-corrected chi connectivity index (χ4v) is 4.75. The van der Waals surface area contributed by atoms with E-state index in [1.807, 2.05) is 74.5 Å². The second-order valence-electron chi connectivity index (χ2n) is 9.25. The number of aldehydes is 1. The molecule has 5 heteroatoms. The summed E-state index contributed by atoms with van der Waals surface area (Å²) in [6.45, 7) is 6.27. The molecule has 0 spiro atoms. The number of aromatic amines is 1. The molecule has 0 aliphatic heterocycles. The molecule has 0 aliphatic carbocycles. The predicted octanol–water partition coefficient (Wildman–Crippen LogP) is 6.32. The van der Waals surface area contributed by atoms with Crippen molar-refractivity contribution in [1.29, 1.82) is 5.26 Å². The number of aryl methyl sites for hydroxylation is 3. The van der Waals surface area contributed by atoms with E-state index in [0.717, 1.165) is 56.3 Å². The third-order valence-corrected chi connectivity index (χ3v) is 6.70. The van der Waals surface area contributed by atoms with Crippen molar-refractivity contribution in [3.8, 4) is 28.5 Å². The van der Waals surface area contributed by atoms with Crippen molar-refractivity contribution in [3.63, 3.8) is 0 Å². The van der Waals surface area contributed by atoms with Crippen LogP contribution in [0.5, 0.6) is 0 Å². The summed E-state index contributed by atoms with van der Waals surface area (Å²) >= 11 is 0. The standard InChI is InChI=1S/C31H25N3O2/c1-19-7-8-25(20(2)11-19)17-34-30(12-21(3)28(16-32)31(34)36)24-6-4-5-22(13-24)23-9-10-29-26(14-23)15-27(18-35)33-29/h4-15,18,33H,17H2,1-3H3. The Kier molecular flexibility index (Phi) is 5.87. The molecule has 2 aromatic heterocycles. The SMILES string of the molecule is Cc1ccc(Cn2c(-c3cccc(-c4ccc5[nH]c(C=O)cc5c4)c3)cc(C)c(C#N)c2=O)c(C)c1. The first-order valence-electron chi connectivity index (χ1n) is 11.8. The number of carbonyl (C=O) groups excluding carboxylic acids is 1. The van der Waals surface area contributed by atoms with Crippen molar-refractivity contribution >= 4 is 17.2 Å². The molecular formula is C31H25N3O2. The molecule has 1 N–H and O–H groups in total. The van der Waals surface area contributed by atoms with Crippen LogP contribution in [-0.2, 0) is 6.54 Å². The molecule has 0 amide bonds. The van der Waals surface area contributed by atoms with Crippen LogP contribution in [0.25, 0.3) is 33.3 Å². The van der Waals surface area contributed by atoms with Gasteiger partial charge in [-0.15, -0.1) is 0 Å². The molecule has 0 aliphatic rings. The minimum Gasteiger partial charge on any atom is -0.352 e. The number of fused-ring (bicyclic) bond motifs is 1. The number of nitrogens with one attached hydrogen (secondary N) is 1. The van der Waals surface area contributed by atoms with Crippen LogP contribution >= 0.6 is 0 Å². The number of hydrogen-bond acceptors (Lipinski definition) is 3. The topological polar surface area (TPSA) is 78.7 Å². The van der Waals surface area contributed by atoms with Gasteiger partial charge in [-0.3, -0.25) is 9.59 Å². The highest BCUT2D eigenvalue weighted by atomic mass is 16.1. The molecule has 36 heavy (non-hydrogen) atoms. The van der Waals surface area contributed by atoms with Crippen LogP contribution in [0.2, 0.25) is 0 Å². The van der Waals surface area contributed by atoms with Gasteiger partial charge in [0.25, 0.3) is 5.56 Å². The Balaban J connectivity index is 1.65. The number of H-pyrrole nitrogens is 1. The summed E-state index contributed by atoms with van der Waals surface area (Å²) in [5.74, 6) is 0. The number of carbonyl (C=O) groups is 1. The summed E-state index contributed by atoms with van der Waals surface area (Å²) in [7, 11) is 0. The number of aromatic nitrogens is 2. The van der Waals surface area contributed by atoms with E-state index in [0.29, 0.717) is 17.8 Å². The highest BCUT2D eigenvalue weighted by Gasteiger charge is 2.16. The summed E-state index contributed by atoms with van der Waals surface area (Å²) in [5, 5.41) is 10.6. The van der Waals surface area contributed by atoms with Crippen molar-refractivity contribution in [2.75, 3.05) is 0 Å². The summed E-state index contributed by atoms with van der Waals surface area (Å²) in [6.07, 6.45) is 0.808. The molecule has 2 heterocycles. The number of nitriles is 1. The van der Waals surface area contributed by atoms with Crippen molar-refractivity contribution in [2.24, 2.45) is 0 Å². The summed E-state index contributed by atoms with van der Waals surface area (Å²) in [5.41, 5.74) is 8.97. The maximum atomic E-state index is 13.4. The van der Waals surface area contributed by atoms with Crippen LogP contribution in [0, 0.1) is 32.1 Å². The summed E-state index contributed by atoms with van der Waals surface area (Å²) in [4.78, 5) is 27.7. The normalized spacial score (nSPS) is 10.9. The second kappa shape index (κ2) is 9.16. The number of nitrogens with zero attached hydrogens (tertiary/aromatic N) is 2. The molecule has 0 bridgehead atoms. The van der Waals surface area contributed by atoms with Crippen LogP contribution in [-0.4, -0.2) is 15.8 Å². The first-order valence-corrected chi connectivity index (χ1v) is 11.8. The van der Waals surface area contributed by atoms with Gasteiger partial charge in [-0.2, -0.15) is 5.26 Å². The third kappa shape index (κ3) is 4.14. The first kappa shape index (κ1) is 23.1. The fraction of sp³-hybridized carbons (Fsp3) is 0.129. The van der Waals surface area contributed by atoms with Crippen molar-refractivity contribution in [3.05, 3.63) is 117 Å². The maximum absolute atomic E-state index is 13.4. The van der Waals surface area contributed by atoms with E-state index in [4.69, 9.17) is 0 Å². The molecule has 0 saturated carbocycles. The molecule has 0 radical (unpaired) electrons. The van der Waals surface area contributed by atoms with E-state index < -0.39 is 0 Å². The van der Waals surface area contributed by atoms with E-state index in [1.54, 1.807) is 11.5 Å². The maximum Gasteiger partial charge on any atom is 0.269 e. The van der Waals surface area contributed by atoms with Crippen LogP contribution in [0.1, 0.15) is 38.3 Å². The van der Waals surface area contributed by atoms with Crippen LogP contribution in [0.3, 0.4) is 0 Å². The zero-order valence-corrected chi connectivity index (χ0v) is 20.4. The Morgan fingerprint density at radius 1 is 0.889 bits per heavy atom. The molecule has 5 aromatic rings. The lowest BCUT2D eigenvalue weighted by atomic mass is 9.98. The molecule has 176 valence electrons. The zero-order valence-electron chi connectivity index (χ0n) is 20.4. The third-order valence-electron chi connectivity index (χ3n) is 6.70. The van der Waals surface area contributed by atoms with Gasteiger partial charge in [-0.1, -0.05) is 48.0 Å². The Hall–Kier alpha value is -4.69. The molecule has 0 atom stereocenters. The van der Waals surface area contributed by atoms with Crippen LogP contribution in [0.4, 0.5) is 0 Å². The lowest BCUT2D eigenvalue weighted by Gasteiger charge is -2.17. The minimum atomic E-state index is -0.284. The van der Waals surface area contributed by atoms with Gasteiger partial charge in [0.05, 0.1) is 17.9 Å². The molecule has 0 unspecified atom stereocenters. The summed E-state index contributed by atoms with van der Waals surface area (Å²) < 4.78 is 1.70. The van der Waals surface area contributed by atoms with Gasteiger partial charge in [-0.25, -0.2) is 0 Å². The number of benzene rings is 3. The molecule has 5 rings (SSSR count). The lowest BCUT2D eigenvalue weighted by molar-refractivity contribution is 0.112. The minimum absolute atomic E-state index is 0.170. The number of hydrogen-bond donors (Lipinski definition) is 1. The van der Waals surface area contributed by atoms with Gasteiger partial charge in [0.2, 0.25) is 0 Å². The van der Waals surface area contributed by atoms with E-state index in [2.05, 4.69) is 23.2 Å². The second-order valence-corrected chi connectivity index (χ2v) is 9.25. The number of rotatable bonds is 5. The fourth-order valence-electron chi connectivity index (χ4n) is 4.75. The highest BCUT2D eigenvalue weighted by molar-refractivity contribution is 5.91. The smallest absolute Gasteiger partial charge is 0.269 e. The van der Waals surface area contributed by atoms with Crippen LogP contribution in [0.15, 0.2) is 77.6 Å². The van der Waals surface area contributed by atoms with E-state index >= 15 is 0 Å². The van der Waals surface area contributed by atoms with E-state index in [-0.39, 0.29) is 11.1 Å². The quantitative estimate of drug-likeness (QED) is 0.305. The first-order chi connectivity index (χ1) is 17.4. The predicted molar refractivity (Wildman–Crippen MR) is 143 cm³/mol. The van der Waals surface area contributed by atoms with Gasteiger partial charge >= 0.3 is 0 Å². The Morgan fingerprint density at radius 2 is 1.67 bits per heavy atom. The van der Waals surface area contributed by atoms with Gasteiger partial charge < -0.3 is 9.55 Å². The molecule has 3 aromatic carbocycles. The molecule has 5 nitrogen and oxygen atoms in total. The largest absolute Gasteiger partial charge is 0.352 e. The van der Waals surface area contributed by atoms with Gasteiger partial charge in [-0.05, 0) is 84.5 Å². The van der Waals surface area contributed by atoms with Gasteiger partial charge in [0.1, 0.15) is 11.6 Å². The Morgan fingerprint density at radius 3 is 2.42 bits per heavy atom. The number of pyridine rings is 1. The van der Waals surface area contributed by atoms with Crippen molar-refractivity contribution < 1.29 is 4.79 Å². The highest BCUT2D eigenvalue weighted by Crippen LogP contribution is 2.30.